The lowest BCUT2D eigenvalue weighted by Gasteiger charge is -2.38. The molecule has 1 aromatic carbocycles. The van der Waals surface area contributed by atoms with Gasteiger partial charge in [0.15, 0.2) is 4.90 Å². The Hall–Kier alpha value is -1.21. The van der Waals surface area contributed by atoms with Crippen molar-refractivity contribution in [3.05, 3.63) is 23.8 Å². The summed E-state index contributed by atoms with van der Waals surface area (Å²) in [7, 11) is -4.17. The number of benzene rings is 1. The van der Waals surface area contributed by atoms with Crippen LogP contribution in [0.2, 0.25) is 0 Å². The average molecular weight is 318 g/mol. The third kappa shape index (κ3) is 3.03. The zero-order valence-electron chi connectivity index (χ0n) is 12.2. The molecule has 1 heterocycles. The minimum Gasteiger partial charge on any atom is -0.399 e. The van der Waals surface area contributed by atoms with Crippen LogP contribution in [-0.4, -0.2) is 25.8 Å². The zero-order chi connectivity index (χ0) is 15.8. The van der Waals surface area contributed by atoms with E-state index in [-0.39, 0.29) is 24.2 Å². The van der Waals surface area contributed by atoms with Gasteiger partial charge in [-0.25, -0.2) is 17.2 Å². The van der Waals surface area contributed by atoms with Gasteiger partial charge in [-0.1, -0.05) is 20.3 Å². The summed E-state index contributed by atoms with van der Waals surface area (Å²) in [5, 5.41) is 0. The molecule has 7 heteroatoms. The Morgan fingerprint density at radius 2 is 1.71 bits per heavy atom. The highest BCUT2D eigenvalue weighted by atomic mass is 32.2. The number of rotatable bonds is 3. The van der Waals surface area contributed by atoms with Crippen LogP contribution < -0.4 is 5.73 Å². The number of nitrogen functional groups attached to an aromatic ring is 1. The molecule has 1 saturated heterocycles. The molecule has 0 radical (unpaired) electrons. The summed E-state index contributed by atoms with van der Waals surface area (Å²) in [5.74, 6) is -2.28. The maximum atomic E-state index is 13.9. The molecule has 1 aliphatic rings. The molecular weight excluding hydrogens is 298 g/mol. The minimum absolute atomic E-state index is 0.0875. The fourth-order valence-corrected chi connectivity index (χ4v) is 4.11. The molecule has 21 heavy (non-hydrogen) atoms. The summed E-state index contributed by atoms with van der Waals surface area (Å²) < 4.78 is 53.8. The number of hydrogen-bond acceptors (Lipinski definition) is 3. The van der Waals surface area contributed by atoms with Gasteiger partial charge in [0.25, 0.3) is 0 Å². The second-order valence-corrected chi connectivity index (χ2v) is 7.76. The van der Waals surface area contributed by atoms with E-state index in [0.717, 1.165) is 22.9 Å². The van der Waals surface area contributed by atoms with Crippen molar-refractivity contribution in [3.8, 4) is 0 Å². The van der Waals surface area contributed by atoms with E-state index in [1.165, 1.54) is 0 Å². The van der Waals surface area contributed by atoms with Crippen LogP contribution >= 0.6 is 0 Å². The number of anilines is 1. The van der Waals surface area contributed by atoms with Crippen molar-refractivity contribution in [2.24, 2.45) is 5.41 Å². The van der Waals surface area contributed by atoms with E-state index in [1.807, 2.05) is 0 Å². The van der Waals surface area contributed by atoms with Gasteiger partial charge in [0.05, 0.1) is 0 Å². The summed E-state index contributed by atoms with van der Waals surface area (Å²) in [4.78, 5) is -0.906. The Morgan fingerprint density at radius 1 is 1.24 bits per heavy atom. The van der Waals surface area contributed by atoms with E-state index in [2.05, 4.69) is 13.8 Å². The van der Waals surface area contributed by atoms with Gasteiger partial charge in [0.2, 0.25) is 10.0 Å². The smallest absolute Gasteiger partial charge is 0.248 e. The first-order chi connectivity index (χ1) is 9.69. The maximum Gasteiger partial charge on any atom is 0.248 e. The molecule has 0 saturated carbocycles. The lowest BCUT2D eigenvalue weighted by atomic mass is 9.79. The third-order valence-corrected chi connectivity index (χ3v) is 6.35. The molecule has 0 unspecified atom stereocenters. The number of hydrogen-bond donors (Lipinski definition) is 1. The van der Waals surface area contributed by atoms with Gasteiger partial charge in [-0.3, -0.25) is 0 Å². The van der Waals surface area contributed by atoms with E-state index >= 15 is 0 Å². The van der Waals surface area contributed by atoms with Crippen LogP contribution in [0.3, 0.4) is 0 Å². The van der Waals surface area contributed by atoms with Crippen molar-refractivity contribution in [2.45, 2.75) is 38.0 Å². The van der Waals surface area contributed by atoms with E-state index < -0.39 is 26.6 Å². The third-order valence-electron chi connectivity index (χ3n) is 4.40. The fraction of sp³-hybridized carbons (Fsp3) is 0.571. The Kier molecular flexibility index (Phi) is 4.26. The van der Waals surface area contributed by atoms with Crippen molar-refractivity contribution in [2.75, 3.05) is 18.8 Å². The Bertz CT molecular complexity index is 615. The Labute approximate surface area is 124 Å². The lowest BCUT2D eigenvalue weighted by molar-refractivity contribution is 0.168. The number of piperidine rings is 1. The highest BCUT2D eigenvalue weighted by molar-refractivity contribution is 7.89. The van der Waals surface area contributed by atoms with Crippen LogP contribution in [-0.2, 0) is 10.0 Å². The number of sulfonamides is 1. The van der Waals surface area contributed by atoms with E-state index in [0.29, 0.717) is 12.8 Å². The largest absolute Gasteiger partial charge is 0.399 e. The topological polar surface area (TPSA) is 63.4 Å². The molecule has 0 spiro atoms. The summed E-state index contributed by atoms with van der Waals surface area (Å²) in [6.45, 7) is 4.71. The van der Waals surface area contributed by atoms with Gasteiger partial charge >= 0.3 is 0 Å². The van der Waals surface area contributed by atoms with Crippen molar-refractivity contribution < 1.29 is 17.2 Å². The van der Waals surface area contributed by atoms with Gasteiger partial charge in [-0.15, -0.1) is 0 Å². The van der Waals surface area contributed by atoms with Crippen LogP contribution in [0.15, 0.2) is 17.0 Å². The highest BCUT2D eigenvalue weighted by Gasteiger charge is 2.37. The minimum atomic E-state index is -4.17. The lowest BCUT2D eigenvalue weighted by Crippen LogP contribution is -2.42. The first-order valence-electron chi connectivity index (χ1n) is 6.94. The molecule has 0 atom stereocenters. The Balaban J connectivity index is 2.33. The molecule has 0 aliphatic carbocycles. The zero-order valence-corrected chi connectivity index (χ0v) is 13.0. The SMILES string of the molecule is CCC1(C)CCN(S(=O)(=O)c2c(F)cc(N)cc2F)CC1. The second-order valence-electron chi connectivity index (χ2n) is 5.88. The van der Waals surface area contributed by atoms with Crippen molar-refractivity contribution in [1.29, 1.82) is 0 Å². The molecule has 1 aliphatic heterocycles. The summed E-state index contributed by atoms with van der Waals surface area (Å²) in [6, 6.07) is 1.66. The van der Waals surface area contributed by atoms with Crippen molar-refractivity contribution >= 4 is 15.7 Å². The van der Waals surface area contributed by atoms with Gasteiger partial charge in [0.1, 0.15) is 11.6 Å². The summed E-state index contributed by atoms with van der Waals surface area (Å²) in [5.41, 5.74) is 5.26. The van der Waals surface area contributed by atoms with Crippen molar-refractivity contribution in [1.82, 2.24) is 4.31 Å². The van der Waals surface area contributed by atoms with E-state index in [9.17, 15) is 17.2 Å². The molecule has 118 valence electrons. The maximum absolute atomic E-state index is 13.9. The van der Waals surface area contributed by atoms with Crippen LogP contribution in [0, 0.1) is 17.0 Å². The standard InChI is InChI=1S/C14H20F2N2O2S/c1-3-14(2)4-6-18(7-5-14)21(19,20)13-11(15)8-10(17)9-12(13)16/h8-9H,3-7,17H2,1-2H3. The van der Waals surface area contributed by atoms with Crippen LogP contribution in [0.25, 0.3) is 0 Å². The highest BCUT2D eigenvalue weighted by Crippen LogP contribution is 2.36. The van der Waals surface area contributed by atoms with E-state index in [1.54, 1.807) is 0 Å². The van der Waals surface area contributed by atoms with Crippen molar-refractivity contribution in [3.63, 3.8) is 0 Å². The predicted octanol–water partition coefficient (Wildman–Crippen LogP) is 2.75. The Morgan fingerprint density at radius 3 is 2.14 bits per heavy atom. The number of halogens is 2. The molecule has 1 aromatic rings. The number of nitrogens with two attached hydrogens (primary N) is 1. The normalized spacial score (nSPS) is 19.6. The monoisotopic (exact) mass is 318 g/mol. The molecular formula is C14H20F2N2O2S. The van der Waals surface area contributed by atoms with Gasteiger partial charge < -0.3 is 5.73 Å². The average Bonchev–Trinajstić information content (AvgIpc) is 2.37. The molecule has 4 nitrogen and oxygen atoms in total. The second kappa shape index (κ2) is 5.53. The first kappa shape index (κ1) is 16.2. The number of nitrogens with zero attached hydrogens (tertiary/aromatic N) is 1. The van der Waals surface area contributed by atoms with Crippen LogP contribution in [0.5, 0.6) is 0 Å². The molecule has 2 rings (SSSR count). The summed E-state index contributed by atoms with van der Waals surface area (Å²) >= 11 is 0. The first-order valence-corrected chi connectivity index (χ1v) is 8.38. The van der Waals surface area contributed by atoms with Gasteiger partial charge in [-0.2, -0.15) is 4.31 Å². The summed E-state index contributed by atoms with van der Waals surface area (Å²) in [6.07, 6.45) is 2.31. The van der Waals surface area contributed by atoms with E-state index in [4.69, 9.17) is 5.73 Å². The molecule has 1 fully saturated rings. The fourth-order valence-electron chi connectivity index (χ4n) is 2.57. The van der Waals surface area contributed by atoms with Crippen LogP contribution in [0.1, 0.15) is 33.1 Å². The van der Waals surface area contributed by atoms with Gasteiger partial charge in [-0.05, 0) is 30.4 Å². The molecule has 0 amide bonds. The molecule has 0 aromatic heterocycles. The predicted molar refractivity (Wildman–Crippen MR) is 77.2 cm³/mol. The van der Waals surface area contributed by atoms with Gasteiger partial charge in [0, 0.05) is 18.8 Å². The molecule has 2 N–H and O–H groups in total. The van der Waals surface area contributed by atoms with Crippen LogP contribution in [0.4, 0.5) is 14.5 Å². The quantitative estimate of drug-likeness (QED) is 0.872. The molecule has 0 bridgehead atoms.